The summed E-state index contributed by atoms with van der Waals surface area (Å²) >= 11 is 0. The van der Waals surface area contributed by atoms with Gasteiger partial charge >= 0.3 is 5.97 Å². The van der Waals surface area contributed by atoms with Gasteiger partial charge in [0.1, 0.15) is 5.75 Å². The molecule has 21 heavy (non-hydrogen) atoms. The quantitative estimate of drug-likeness (QED) is 0.745. The van der Waals surface area contributed by atoms with Gasteiger partial charge in [-0.2, -0.15) is 0 Å². The molecular formula is C15H22N2O4. The van der Waals surface area contributed by atoms with E-state index in [4.69, 9.17) is 10.5 Å². The molecule has 0 aliphatic rings. The van der Waals surface area contributed by atoms with Gasteiger partial charge in [-0.1, -0.05) is 13.8 Å². The number of esters is 1. The van der Waals surface area contributed by atoms with Crippen molar-refractivity contribution in [1.82, 2.24) is 0 Å². The van der Waals surface area contributed by atoms with Crippen molar-refractivity contribution >= 4 is 17.6 Å². The number of rotatable bonds is 7. The second kappa shape index (κ2) is 8.26. The Balaban J connectivity index is 2.47. The van der Waals surface area contributed by atoms with Crippen LogP contribution in [0.3, 0.4) is 0 Å². The molecule has 0 saturated carbocycles. The Morgan fingerprint density at radius 3 is 2.38 bits per heavy atom. The fourth-order valence-electron chi connectivity index (χ4n) is 1.50. The molecular weight excluding hydrogens is 272 g/mol. The summed E-state index contributed by atoms with van der Waals surface area (Å²) < 4.78 is 9.68. The van der Waals surface area contributed by atoms with Crippen molar-refractivity contribution in [2.45, 2.75) is 26.3 Å². The predicted molar refractivity (Wildman–Crippen MR) is 80.0 cm³/mol. The van der Waals surface area contributed by atoms with Crippen LogP contribution in [0.25, 0.3) is 0 Å². The lowest BCUT2D eigenvalue weighted by atomic mass is 10.0. The van der Waals surface area contributed by atoms with Gasteiger partial charge in [0.2, 0.25) is 5.91 Å². The summed E-state index contributed by atoms with van der Waals surface area (Å²) in [7, 11) is 1.30. The molecule has 0 spiro atoms. The number of ether oxygens (including phenoxy) is 2. The molecule has 0 saturated heterocycles. The molecule has 0 bridgehead atoms. The van der Waals surface area contributed by atoms with Crippen LogP contribution >= 0.6 is 0 Å². The van der Waals surface area contributed by atoms with Gasteiger partial charge in [-0.15, -0.1) is 0 Å². The molecule has 3 N–H and O–H groups in total. The summed E-state index contributed by atoms with van der Waals surface area (Å²) in [5.41, 5.74) is 6.51. The van der Waals surface area contributed by atoms with Gasteiger partial charge in [0.25, 0.3) is 0 Å². The van der Waals surface area contributed by atoms with Crippen LogP contribution in [0.4, 0.5) is 5.69 Å². The minimum Gasteiger partial charge on any atom is -0.482 e. The number of methoxy groups -OCH3 is 1. The van der Waals surface area contributed by atoms with Crippen molar-refractivity contribution in [3.05, 3.63) is 24.3 Å². The number of carbonyl (C=O) groups is 2. The number of benzene rings is 1. The SMILES string of the molecule is COC(=O)COc1ccc(NC(=O)CC(N)C(C)C)cc1. The smallest absolute Gasteiger partial charge is 0.343 e. The Morgan fingerprint density at radius 2 is 1.86 bits per heavy atom. The van der Waals surface area contributed by atoms with E-state index in [1.54, 1.807) is 24.3 Å². The zero-order valence-corrected chi connectivity index (χ0v) is 12.6. The molecule has 1 atom stereocenters. The molecule has 0 radical (unpaired) electrons. The van der Waals surface area contributed by atoms with E-state index in [1.165, 1.54) is 7.11 Å². The Kier molecular flexibility index (Phi) is 6.68. The Bertz CT molecular complexity index is 471. The van der Waals surface area contributed by atoms with Gasteiger partial charge in [-0.25, -0.2) is 4.79 Å². The Labute approximate surface area is 124 Å². The molecule has 0 heterocycles. The first-order valence-corrected chi connectivity index (χ1v) is 6.77. The van der Waals surface area contributed by atoms with E-state index in [2.05, 4.69) is 10.1 Å². The van der Waals surface area contributed by atoms with E-state index >= 15 is 0 Å². The second-order valence-electron chi connectivity index (χ2n) is 5.05. The molecule has 1 unspecified atom stereocenters. The topological polar surface area (TPSA) is 90.6 Å². The van der Waals surface area contributed by atoms with Crippen LogP contribution in [0, 0.1) is 5.92 Å². The van der Waals surface area contributed by atoms with E-state index < -0.39 is 5.97 Å². The highest BCUT2D eigenvalue weighted by Gasteiger charge is 2.13. The van der Waals surface area contributed by atoms with E-state index in [0.29, 0.717) is 11.4 Å². The number of amides is 1. The van der Waals surface area contributed by atoms with Crippen molar-refractivity contribution in [3.8, 4) is 5.75 Å². The van der Waals surface area contributed by atoms with Gasteiger partial charge in [-0.05, 0) is 30.2 Å². The molecule has 0 aromatic heterocycles. The van der Waals surface area contributed by atoms with Crippen molar-refractivity contribution in [3.63, 3.8) is 0 Å². The summed E-state index contributed by atoms with van der Waals surface area (Å²) in [5, 5.41) is 2.76. The van der Waals surface area contributed by atoms with Crippen LogP contribution in [0.5, 0.6) is 5.75 Å². The van der Waals surface area contributed by atoms with Crippen molar-refractivity contribution < 1.29 is 19.1 Å². The maximum absolute atomic E-state index is 11.8. The normalized spacial score (nSPS) is 11.9. The van der Waals surface area contributed by atoms with Crippen LogP contribution in [-0.4, -0.2) is 31.6 Å². The van der Waals surface area contributed by atoms with Crippen molar-refractivity contribution in [1.29, 1.82) is 0 Å². The molecule has 1 rings (SSSR count). The minimum absolute atomic E-state index is 0.126. The maximum atomic E-state index is 11.8. The maximum Gasteiger partial charge on any atom is 0.343 e. The van der Waals surface area contributed by atoms with Gasteiger partial charge in [0.15, 0.2) is 6.61 Å². The van der Waals surface area contributed by atoms with E-state index in [1.807, 2.05) is 13.8 Å². The van der Waals surface area contributed by atoms with Crippen LogP contribution in [0.2, 0.25) is 0 Å². The number of anilines is 1. The first-order valence-electron chi connectivity index (χ1n) is 6.77. The molecule has 1 aromatic carbocycles. The largest absolute Gasteiger partial charge is 0.482 e. The highest BCUT2D eigenvalue weighted by molar-refractivity contribution is 5.91. The third-order valence-electron chi connectivity index (χ3n) is 3.00. The van der Waals surface area contributed by atoms with Crippen LogP contribution in [-0.2, 0) is 14.3 Å². The molecule has 0 aliphatic heterocycles. The van der Waals surface area contributed by atoms with Crippen LogP contribution in [0.1, 0.15) is 20.3 Å². The third kappa shape index (κ3) is 6.27. The standard InChI is InChI=1S/C15H22N2O4/c1-10(2)13(16)8-14(18)17-11-4-6-12(7-5-11)21-9-15(19)20-3/h4-7,10,13H,8-9,16H2,1-3H3,(H,17,18). The number of hydrogen-bond acceptors (Lipinski definition) is 5. The zero-order chi connectivity index (χ0) is 15.8. The monoisotopic (exact) mass is 294 g/mol. The fourth-order valence-corrected chi connectivity index (χ4v) is 1.50. The molecule has 1 amide bonds. The van der Waals surface area contributed by atoms with Gasteiger partial charge < -0.3 is 20.5 Å². The molecule has 0 aliphatic carbocycles. The highest BCUT2D eigenvalue weighted by atomic mass is 16.6. The lowest BCUT2D eigenvalue weighted by molar-refractivity contribution is -0.142. The molecule has 6 heteroatoms. The predicted octanol–water partition coefficient (Wildman–Crippen LogP) is 1.55. The molecule has 116 valence electrons. The number of carbonyl (C=O) groups excluding carboxylic acids is 2. The lowest BCUT2D eigenvalue weighted by Crippen LogP contribution is -2.31. The van der Waals surface area contributed by atoms with E-state index in [-0.39, 0.29) is 30.9 Å². The number of hydrogen-bond donors (Lipinski definition) is 2. The Morgan fingerprint density at radius 1 is 1.24 bits per heavy atom. The first-order chi connectivity index (χ1) is 9.92. The highest BCUT2D eigenvalue weighted by Crippen LogP contribution is 2.16. The summed E-state index contributed by atoms with van der Waals surface area (Å²) in [4.78, 5) is 22.7. The summed E-state index contributed by atoms with van der Waals surface area (Å²) in [6.07, 6.45) is 0.276. The van der Waals surface area contributed by atoms with Crippen molar-refractivity contribution in [2.75, 3.05) is 19.0 Å². The third-order valence-corrected chi connectivity index (χ3v) is 3.00. The molecule has 1 aromatic rings. The van der Waals surface area contributed by atoms with Crippen LogP contribution < -0.4 is 15.8 Å². The average Bonchev–Trinajstić information content (AvgIpc) is 2.45. The number of nitrogens with two attached hydrogens (primary N) is 1. The molecule has 6 nitrogen and oxygen atoms in total. The van der Waals surface area contributed by atoms with E-state index in [9.17, 15) is 9.59 Å². The summed E-state index contributed by atoms with van der Waals surface area (Å²) in [6.45, 7) is 3.81. The van der Waals surface area contributed by atoms with Gasteiger partial charge in [0, 0.05) is 18.2 Å². The minimum atomic E-state index is -0.449. The summed E-state index contributed by atoms with van der Waals surface area (Å²) in [5.74, 6) is 0.205. The average molecular weight is 294 g/mol. The van der Waals surface area contributed by atoms with Crippen LogP contribution in [0.15, 0.2) is 24.3 Å². The zero-order valence-electron chi connectivity index (χ0n) is 12.6. The lowest BCUT2D eigenvalue weighted by Gasteiger charge is -2.15. The Hall–Kier alpha value is -2.08. The van der Waals surface area contributed by atoms with Gasteiger partial charge in [0.05, 0.1) is 7.11 Å². The fraction of sp³-hybridized carbons (Fsp3) is 0.467. The van der Waals surface area contributed by atoms with Gasteiger partial charge in [-0.3, -0.25) is 4.79 Å². The van der Waals surface area contributed by atoms with E-state index in [0.717, 1.165) is 0 Å². The molecule has 0 fully saturated rings. The first kappa shape index (κ1) is 17.0. The van der Waals surface area contributed by atoms with Crippen molar-refractivity contribution in [2.24, 2.45) is 11.7 Å². The second-order valence-corrected chi connectivity index (χ2v) is 5.05. The number of nitrogens with one attached hydrogen (secondary N) is 1. The summed E-state index contributed by atoms with van der Waals surface area (Å²) in [6, 6.07) is 6.58.